The number of piperazine rings is 1. The zero-order valence-electron chi connectivity index (χ0n) is 34.7. The number of halogens is 5. The molecule has 1 aliphatic carbocycles. The molecular formula is C45H46Cl2F3N7O6S. The Balaban J connectivity index is 0.894. The number of benzene rings is 3. The molecule has 0 spiro atoms. The lowest BCUT2D eigenvalue weighted by atomic mass is 9.85. The van der Waals surface area contributed by atoms with Gasteiger partial charge >= 0.3 is 0 Å². The minimum atomic E-state index is -4.54. The van der Waals surface area contributed by atoms with Crippen molar-refractivity contribution in [3.05, 3.63) is 106 Å². The van der Waals surface area contributed by atoms with Crippen LogP contribution in [0.4, 0.5) is 18.9 Å². The van der Waals surface area contributed by atoms with Crippen LogP contribution in [0, 0.1) is 0 Å². The van der Waals surface area contributed by atoms with E-state index in [-0.39, 0.29) is 60.9 Å². The summed E-state index contributed by atoms with van der Waals surface area (Å²) < 4.78 is 91.8. The lowest BCUT2D eigenvalue weighted by Crippen LogP contribution is -2.55. The quantitative estimate of drug-likeness (QED) is 0.118. The van der Waals surface area contributed by atoms with Crippen molar-refractivity contribution in [2.24, 2.45) is 0 Å². The molecule has 0 atom stereocenters. The zero-order valence-corrected chi connectivity index (χ0v) is 37.0. The number of nitrogens with zero attached hydrogens (tertiary/aromatic N) is 5. The first-order valence-corrected chi connectivity index (χ1v) is 23.4. The third-order valence-electron chi connectivity index (χ3n) is 12.5. The van der Waals surface area contributed by atoms with Gasteiger partial charge in [0, 0.05) is 75.4 Å². The molecule has 0 radical (unpaired) electrons. The number of H-pyrrole nitrogens is 1. The zero-order chi connectivity index (χ0) is 44.6. The van der Waals surface area contributed by atoms with Gasteiger partial charge in [-0.25, -0.2) is 31.3 Å². The highest BCUT2D eigenvalue weighted by atomic mass is 35.5. The number of carbonyl (C=O) groups excluding carboxylic acids is 1. The van der Waals surface area contributed by atoms with Gasteiger partial charge in [0.05, 0.1) is 48.1 Å². The number of hydrogen-bond acceptors (Lipinski definition) is 11. The maximum atomic E-state index is 15.6. The molecule has 9 rings (SSSR count). The Bertz CT molecular complexity index is 2670. The average molecular weight is 941 g/mol. The molecule has 0 unspecified atom stereocenters. The molecule has 4 aliphatic rings. The molecule has 0 bridgehead atoms. The maximum Gasteiger partial charge on any atom is 0.268 e. The summed E-state index contributed by atoms with van der Waals surface area (Å²) in [4.78, 5) is 24.1. The lowest BCUT2D eigenvalue weighted by Gasteiger charge is -2.43. The number of alkyl halides is 3. The van der Waals surface area contributed by atoms with Crippen LogP contribution in [0.1, 0.15) is 48.0 Å². The molecule has 5 aromatic rings. The van der Waals surface area contributed by atoms with Crippen LogP contribution in [-0.2, 0) is 14.8 Å². The molecule has 3 fully saturated rings. The van der Waals surface area contributed by atoms with Crippen LogP contribution in [0.15, 0.2) is 89.6 Å². The van der Waals surface area contributed by atoms with E-state index in [1.54, 1.807) is 42.6 Å². The molecule has 3 saturated heterocycles. The van der Waals surface area contributed by atoms with E-state index in [9.17, 15) is 22.0 Å². The summed E-state index contributed by atoms with van der Waals surface area (Å²) >= 11 is 12.5. The number of fused-ring (bicyclic) bond motifs is 1. The minimum Gasteiger partial charge on any atom is -0.473 e. The Morgan fingerprint density at radius 1 is 0.922 bits per heavy atom. The fourth-order valence-electron chi connectivity index (χ4n) is 8.67. The van der Waals surface area contributed by atoms with Gasteiger partial charge in [-0.1, -0.05) is 41.4 Å². The molecule has 2 N–H and O–H groups in total. The van der Waals surface area contributed by atoms with Crippen LogP contribution in [0.3, 0.4) is 0 Å². The highest BCUT2D eigenvalue weighted by molar-refractivity contribution is 7.90. The molecule has 3 aromatic carbocycles. The molecule has 64 heavy (non-hydrogen) atoms. The van der Waals surface area contributed by atoms with Crippen molar-refractivity contribution in [3.8, 4) is 17.4 Å². The number of aromatic nitrogens is 3. The number of nitrogens with one attached hydrogen (secondary N) is 2. The number of sulfonamides is 1. The second-order valence-corrected chi connectivity index (χ2v) is 19.3. The summed E-state index contributed by atoms with van der Waals surface area (Å²) in [5.74, 6) is -3.43. The predicted molar refractivity (Wildman–Crippen MR) is 237 cm³/mol. The molecule has 1 amide bonds. The van der Waals surface area contributed by atoms with E-state index in [4.69, 9.17) is 37.4 Å². The number of ether oxygens (including phenoxy) is 3. The molecule has 19 heteroatoms. The third-order valence-corrected chi connectivity index (χ3v) is 14.3. The monoisotopic (exact) mass is 939 g/mol. The number of pyridine rings is 1. The van der Waals surface area contributed by atoms with Crippen LogP contribution in [0.5, 0.6) is 17.4 Å². The lowest BCUT2D eigenvalue weighted by molar-refractivity contribution is -0.0892. The summed E-state index contributed by atoms with van der Waals surface area (Å²) in [6.07, 6.45) is 2.89. The van der Waals surface area contributed by atoms with Gasteiger partial charge in [0.1, 0.15) is 33.7 Å². The standard InChI is InChI=1S/C45H46Cl2F3N7O6S/c46-31-6-4-29(5-7-31)35-10-11-45(49,50)22-30(35)25-55-16-18-57(19-17-55)32-8-9-36(41(20-32)63-40-3-1-2-39-37(40)24-52-53-39)42(58)54-64(59,60)34-21-38(47)43(51-23-34)62-28-44(48)12-14-56(15-13-44)33-26-61-27-33/h1-9,20-21,23-24,33H,10-19,22,25-28H2,(H,52,53)(H,54,58). The fourth-order valence-corrected chi connectivity index (χ4v) is 10.0. The van der Waals surface area contributed by atoms with Gasteiger partial charge in [0.2, 0.25) is 5.88 Å². The van der Waals surface area contributed by atoms with Gasteiger partial charge in [-0.15, -0.1) is 0 Å². The smallest absolute Gasteiger partial charge is 0.268 e. The van der Waals surface area contributed by atoms with Gasteiger partial charge in [-0.3, -0.25) is 19.7 Å². The third kappa shape index (κ3) is 9.84. The van der Waals surface area contributed by atoms with Crippen LogP contribution in [0.2, 0.25) is 10.0 Å². The number of rotatable bonds is 13. The summed E-state index contributed by atoms with van der Waals surface area (Å²) in [6, 6.07) is 18.9. The number of allylic oxidation sites excluding steroid dienone is 1. The highest BCUT2D eigenvalue weighted by Gasteiger charge is 2.40. The van der Waals surface area contributed by atoms with Gasteiger partial charge in [-0.2, -0.15) is 5.10 Å². The van der Waals surface area contributed by atoms with E-state index in [0.29, 0.717) is 92.4 Å². The SMILES string of the molecule is O=C(NS(=O)(=O)c1cnc(OCC2(F)CCN(C3COC3)CC2)c(Cl)c1)c1ccc(N2CCN(CC3=C(c4ccc(Cl)cc4)CCC(F)(F)C3)CC2)cc1Oc1cccc2[nH]ncc12. The highest BCUT2D eigenvalue weighted by Crippen LogP contribution is 2.42. The largest absolute Gasteiger partial charge is 0.473 e. The molecular weight excluding hydrogens is 895 g/mol. The fraction of sp³-hybridized carbons (Fsp3) is 0.400. The summed E-state index contributed by atoms with van der Waals surface area (Å²) in [6.45, 7) is 4.80. The van der Waals surface area contributed by atoms with Crippen LogP contribution in [0.25, 0.3) is 16.5 Å². The summed E-state index contributed by atoms with van der Waals surface area (Å²) in [5.41, 5.74) is 2.29. The Morgan fingerprint density at radius 3 is 2.41 bits per heavy atom. The Hall–Kier alpha value is -4.91. The van der Waals surface area contributed by atoms with Crippen molar-refractivity contribution >= 4 is 61.3 Å². The number of amides is 1. The minimum absolute atomic E-state index is 0.0745. The second-order valence-electron chi connectivity index (χ2n) is 16.8. The average Bonchev–Trinajstić information content (AvgIpc) is 3.74. The first-order valence-electron chi connectivity index (χ1n) is 21.1. The number of hydrogen-bond donors (Lipinski definition) is 2. The molecule has 338 valence electrons. The van der Waals surface area contributed by atoms with E-state index < -0.39 is 32.4 Å². The van der Waals surface area contributed by atoms with Crippen LogP contribution >= 0.6 is 23.2 Å². The normalized spacial score (nSPS) is 19.7. The van der Waals surface area contributed by atoms with Crippen molar-refractivity contribution in [3.63, 3.8) is 0 Å². The maximum absolute atomic E-state index is 15.6. The van der Waals surface area contributed by atoms with Crippen molar-refractivity contribution < 1.29 is 40.6 Å². The van der Waals surface area contributed by atoms with E-state index >= 15 is 4.39 Å². The molecule has 13 nitrogen and oxygen atoms in total. The molecule has 3 aliphatic heterocycles. The van der Waals surface area contributed by atoms with E-state index in [0.717, 1.165) is 29.0 Å². The van der Waals surface area contributed by atoms with Gasteiger partial charge in [-0.05, 0) is 78.4 Å². The summed E-state index contributed by atoms with van der Waals surface area (Å²) in [7, 11) is -4.54. The van der Waals surface area contributed by atoms with E-state index in [1.165, 1.54) is 6.07 Å². The van der Waals surface area contributed by atoms with Gasteiger partial charge in [0.15, 0.2) is 0 Å². The van der Waals surface area contributed by atoms with Gasteiger partial charge in [0.25, 0.3) is 21.9 Å². The van der Waals surface area contributed by atoms with E-state index in [1.807, 2.05) is 18.2 Å². The number of aromatic amines is 1. The first-order chi connectivity index (χ1) is 30.7. The number of anilines is 1. The summed E-state index contributed by atoms with van der Waals surface area (Å²) in [5, 5.41) is 8.05. The predicted octanol–water partition coefficient (Wildman–Crippen LogP) is 8.15. The van der Waals surface area contributed by atoms with Gasteiger partial charge < -0.3 is 19.1 Å². The van der Waals surface area contributed by atoms with E-state index in [2.05, 4.69) is 34.6 Å². The molecule has 2 aromatic heterocycles. The second kappa shape index (κ2) is 18.2. The Morgan fingerprint density at radius 2 is 1.69 bits per heavy atom. The Labute approximate surface area is 378 Å². The van der Waals surface area contributed by atoms with Crippen molar-refractivity contribution in [2.45, 2.75) is 54.6 Å². The van der Waals surface area contributed by atoms with Crippen molar-refractivity contribution in [1.82, 2.24) is 29.7 Å². The van der Waals surface area contributed by atoms with Crippen LogP contribution in [-0.4, -0.2) is 123 Å². The molecule has 0 saturated carbocycles. The first kappa shape index (κ1) is 44.3. The topological polar surface area (TPSA) is 142 Å². The number of carbonyl (C=O) groups is 1. The van der Waals surface area contributed by atoms with Crippen molar-refractivity contribution in [1.29, 1.82) is 0 Å². The van der Waals surface area contributed by atoms with Crippen molar-refractivity contribution in [2.75, 3.05) is 70.5 Å². The molecule has 5 heterocycles. The van der Waals surface area contributed by atoms with Crippen LogP contribution < -0.4 is 19.1 Å². The Kier molecular flexibility index (Phi) is 12.6. The number of likely N-dealkylation sites (tertiary alicyclic amines) is 1. The number of piperidine rings is 1.